The first-order valence-electron chi connectivity index (χ1n) is 11.2. The van der Waals surface area contributed by atoms with Gasteiger partial charge >= 0.3 is 6.18 Å². The maximum absolute atomic E-state index is 13.9. The van der Waals surface area contributed by atoms with Crippen LogP contribution in [0.25, 0.3) is 11.3 Å². The van der Waals surface area contributed by atoms with Crippen LogP contribution in [0.2, 0.25) is 0 Å². The minimum absolute atomic E-state index is 0.0855. The molecule has 0 radical (unpaired) electrons. The Morgan fingerprint density at radius 2 is 1.55 bits per heavy atom. The number of alkyl halides is 3. The first-order valence-corrected chi connectivity index (χ1v) is 11.2. The lowest BCUT2D eigenvalue weighted by molar-refractivity contribution is -0.137. The van der Waals surface area contributed by atoms with E-state index in [0.717, 1.165) is 25.7 Å². The maximum atomic E-state index is 13.9. The van der Waals surface area contributed by atoms with Gasteiger partial charge in [-0.1, -0.05) is 46.6 Å². The summed E-state index contributed by atoms with van der Waals surface area (Å²) < 4.78 is 41.8. The molecule has 2 aromatic rings. The van der Waals surface area contributed by atoms with Crippen molar-refractivity contribution in [3.63, 3.8) is 0 Å². The van der Waals surface area contributed by atoms with Gasteiger partial charge in [0, 0.05) is 31.4 Å². The molecule has 1 heterocycles. The molecule has 1 N–H and O–H groups in total. The van der Waals surface area contributed by atoms with E-state index in [1.807, 2.05) is 13.8 Å². The van der Waals surface area contributed by atoms with Gasteiger partial charge < -0.3 is 10.2 Å². The van der Waals surface area contributed by atoms with Crippen LogP contribution in [0.15, 0.2) is 18.2 Å². The molecule has 0 unspecified atom stereocenters. The summed E-state index contributed by atoms with van der Waals surface area (Å²) >= 11 is 0. The predicted octanol–water partition coefficient (Wildman–Crippen LogP) is 6.73. The standard InChI is InChI=1S/C24H35F3N4/c1-7-11-16(12-8-2)28-23-21(10-4)29-22(20(9-3)30-23)18-14-13-17(31(5)6)15-19(18)24(25,26)27/h13-16H,7-12H2,1-6H3,(H,28,30). The van der Waals surface area contributed by atoms with Gasteiger partial charge in [-0.25, -0.2) is 9.97 Å². The predicted molar refractivity (Wildman–Crippen MR) is 123 cm³/mol. The van der Waals surface area contributed by atoms with Crippen molar-refractivity contribution in [3.8, 4) is 11.3 Å². The molecule has 172 valence electrons. The van der Waals surface area contributed by atoms with Crippen LogP contribution in [0.1, 0.15) is 70.3 Å². The molecule has 1 aromatic carbocycles. The zero-order valence-electron chi connectivity index (χ0n) is 19.5. The summed E-state index contributed by atoms with van der Waals surface area (Å²) in [7, 11) is 3.45. The molecule has 0 spiro atoms. The largest absolute Gasteiger partial charge is 0.417 e. The molecule has 0 aliphatic carbocycles. The minimum Gasteiger partial charge on any atom is -0.378 e. The lowest BCUT2D eigenvalue weighted by Gasteiger charge is -2.22. The van der Waals surface area contributed by atoms with Crippen LogP contribution in [-0.4, -0.2) is 30.1 Å². The Morgan fingerprint density at radius 3 is 2.03 bits per heavy atom. The maximum Gasteiger partial charge on any atom is 0.417 e. The number of nitrogens with zero attached hydrogens (tertiary/aromatic N) is 3. The molecular formula is C24H35F3N4. The second-order valence-electron chi connectivity index (χ2n) is 8.06. The van der Waals surface area contributed by atoms with Gasteiger partial charge in [-0.05, 0) is 37.8 Å². The highest BCUT2D eigenvalue weighted by Crippen LogP contribution is 2.40. The van der Waals surface area contributed by atoms with Crippen molar-refractivity contribution in [2.45, 2.75) is 78.4 Å². The molecule has 0 aliphatic rings. The Hall–Kier alpha value is -2.31. The third-order valence-electron chi connectivity index (χ3n) is 5.41. The quantitative estimate of drug-likeness (QED) is 0.448. The molecule has 0 bridgehead atoms. The number of aromatic nitrogens is 2. The van der Waals surface area contributed by atoms with Crippen LogP contribution in [-0.2, 0) is 19.0 Å². The molecule has 0 atom stereocenters. The van der Waals surface area contributed by atoms with E-state index < -0.39 is 11.7 Å². The van der Waals surface area contributed by atoms with Gasteiger partial charge in [0.25, 0.3) is 0 Å². The van der Waals surface area contributed by atoms with E-state index >= 15 is 0 Å². The topological polar surface area (TPSA) is 41.1 Å². The Balaban J connectivity index is 2.62. The van der Waals surface area contributed by atoms with Gasteiger partial charge in [0.05, 0.1) is 22.6 Å². The summed E-state index contributed by atoms with van der Waals surface area (Å²) in [6, 6.07) is 4.69. The van der Waals surface area contributed by atoms with E-state index in [0.29, 0.717) is 41.4 Å². The lowest BCUT2D eigenvalue weighted by atomic mass is 9.99. The molecule has 0 aliphatic heterocycles. The van der Waals surface area contributed by atoms with Gasteiger partial charge in [0.2, 0.25) is 0 Å². The van der Waals surface area contributed by atoms with Crippen molar-refractivity contribution in [2.24, 2.45) is 0 Å². The smallest absolute Gasteiger partial charge is 0.378 e. The average molecular weight is 437 g/mol. The minimum atomic E-state index is -4.48. The second-order valence-corrected chi connectivity index (χ2v) is 8.06. The first-order chi connectivity index (χ1) is 14.7. The van der Waals surface area contributed by atoms with E-state index in [1.54, 1.807) is 25.1 Å². The van der Waals surface area contributed by atoms with Gasteiger partial charge in [-0.3, -0.25) is 0 Å². The molecular weight excluding hydrogens is 401 g/mol. The average Bonchev–Trinajstić information content (AvgIpc) is 2.72. The van der Waals surface area contributed by atoms with Crippen molar-refractivity contribution in [2.75, 3.05) is 24.3 Å². The van der Waals surface area contributed by atoms with Gasteiger partial charge in [0.15, 0.2) is 0 Å². The van der Waals surface area contributed by atoms with E-state index in [-0.39, 0.29) is 11.6 Å². The summed E-state index contributed by atoms with van der Waals surface area (Å²) in [5, 5.41) is 3.52. The third-order valence-corrected chi connectivity index (χ3v) is 5.41. The van der Waals surface area contributed by atoms with Gasteiger partial charge in [0.1, 0.15) is 5.82 Å². The van der Waals surface area contributed by atoms with Crippen molar-refractivity contribution in [1.29, 1.82) is 0 Å². The number of benzene rings is 1. The number of hydrogen-bond acceptors (Lipinski definition) is 4. The molecule has 0 fully saturated rings. The van der Waals surface area contributed by atoms with Crippen molar-refractivity contribution in [3.05, 3.63) is 35.2 Å². The number of aryl methyl sites for hydroxylation is 2. The normalized spacial score (nSPS) is 11.8. The lowest BCUT2D eigenvalue weighted by Crippen LogP contribution is -2.22. The fourth-order valence-electron chi connectivity index (χ4n) is 3.76. The number of hydrogen-bond donors (Lipinski definition) is 1. The molecule has 31 heavy (non-hydrogen) atoms. The Morgan fingerprint density at radius 1 is 0.935 bits per heavy atom. The zero-order valence-corrected chi connectivity index (χ0v) is 19.5. The molecule has 0 saturated heterocycles. The summed E-state index contributed by atoms with van der Waals surface area (Å²) in [6.45, 7) is 8.15. The van der Waals surface area contributed by atoms with Crippen molar-refractivity contribution in [1.82, 2.24) is 9.97 Å². The SMILES string of the molecule is CCCC(CCC)Nc1nc(CC)c(-c2ccc(N(C)C)cc2C(F)(F)F)nc1CC. The summed E-state index contributed by atoms with van der Waals surface area (Å²) in [4.78, 5) is 11.2. The molecule has 1 aromatic heterocycles. The number of anilines is 2. The second kappa shape index (κ2) is 10.8. The van der Waals surface area contributed by atoms with E-state index in [1.165, 1.54) is 12.1 Å². The zero-order chi connectivity index (χ0) is 23.2. The van der Waals surface area contributed by atoms with Crippen LogP contribution in [0.3, 0.4) is 0 Å². The number of rotatable bonds is 10. The highest BCUT2D eigenvalue weighted by atomic mass is 19.4. The highest BCUT2D eigenvalue weighted by Gasteiger charge is 2.35. The fraction of sp³-hybridized carbons (Fsp3) is 0.583. The number of nitrogens with one attached hydrogen (secondary N) is 1. The van der Waals surface area contributed by atoms with Crippen LogP contribution in [0, 0.1) is 0 Å². The van der Waals surface area contributed by atoms with Crippen LogP contribution >= 0.6 is 0 Å². The molecule has 0 amide bonds. The fourth-order valence-corrected chi connectivity index (χ4v) is 3.76. The van der Waals surface area contributed by atoms with E-state index in [4.69, 9.17) is 9.97 Å². The van der Waals surface area contributed by atoms with Gasteiger partial charge in [-0.2, -0.15) is 13.2 Å². The summed E-state index contributed by atoms with van der Waals surface area (Å²) in [5.74, 6) is 0.702. The van der Waals surface area contributed by atoms with E-state index in [2.05, 4.69) is 19.2 Å². The molecule has 4 nitrogen and oxygen atoms in total. The molecule has 7 heteroatoms. The Kier molecular flexibility index (Phi) is 8.71. The first kappa shape index (κ1) is 25.0. The van der Waals surface area contributed by atoms with E-state index in [9.17, 15) is 13.2 Å². The highest BCUT2D eigenvalue weighted by molar-refractivity contribution is 5.71. The monoisotopic (exact) mass is 436 g/mol. The number of halogens is 3. The molecule has 2 rings (SSSR count). The summed E-state index contributed by atoms with van der Waals surface area (Å²) in [6.07, 6.45) is 0.758. The van der Waals surface area contributed by atoms with Crippen LogP contribution in [0.4, 0.5) is 24.7 Å². The summed E-state index contributed by atoms with van der Waals surface area (Å²) in [5.41, 5.74) is 1.51. The third kappa shape index (κ3) is 6.11. The van der Waals surface area contributed by atoms with Crippen LogP contribution in [0.5, 0.6) is 0 Å². The van der Waals surface area contributed by atoms with Crippen molar-refractivity contribution < 1.29 is 13.2 Å². The molecule has 0 saturated carbocycles. The van der Waals surface area contributed by atoms with Crippen molar-refractivity contribution >= 4 is 11.5 Å². The Bertz CT molecular complexity index is 857. The van der Waals surface area contributed by atoms with Crippen LogP contribution < -0.4 is 10.2 Å². The Labute approximate surface area is 184 Å². The van der Waals surface area contributed by atoms with Gasteiger partial charge in [-0.15, -0.1) is 0 Å².